The minimum atomic E-state index is 0.365. The van der Waals surface area contributed by atoms with E-state index in [9.17, 15) is 0 Å². The van der Waals surface area contributed by atoms with Crippen LogP contribution in [0.25, 0.3) is 0 Å². The first-order valence-electron chi connectivity index (χ1n) is 11.0. The van der Waals surface area contributed by atoms with E-state index in [4.69, 9.17) is 9.47 Å². The van der Waals surface area contributed by atoms with Gasteiger partial charge in [0.2, 0.25) is 0 Å². The number of ether oxygens (including phenoxy) is 2. The van der Waals surface area contributed by atoms with E-state index in [0.29, 0.717) is 18.1 Å². The first kappa shape index (κ1) is 20.2. The zero-order valence-corrected chi connectivity index (χ0v) is 18.0. The molecular weight excluding hydrogens is 360 g/mol. The molecule has 1 aliphatic carbocycles. The normalized spacial score (nSPS) is 20.5. The summed E-state index contributed by atoms with van der Waals surface area (Å²) in [5.41, 5.74) is 4.17. The molecule has 1 saturated carbocycles. The summed E-state index contributed by atoms with van der Waals surface area (Å²) in [5, 5.41) is 3.73. The maximum Gasteiger partial charge on any atom is 0.161 e. The molecule has 2 aromatic rings. The first-order valence-corrected chi connectivity index (χ1v) is 11.0. The van der Waals surface area contributed by atoms with Gasteiger partial charge in [0.1, 0.15) is 0 Å². The Balaban J connectivity index is 1.44. The van der Waals surface area contributed by atoms with E-state index >= 15 is 0 Å². The Labute approximate surface area is 175 Å². The Hall–Kier alpha value is -2.04. The number of rotatable bonds is 7. The summed E-state index contributed by atoms with van der Waals surface area (Å²) < 4.78 is 11.7. The van der Waals surface area contributed by atoms with Gasteiger partial charge in [0, 0.05) is 32.2 Å². The number of nitrogens with one attached hydrogen (secondary N) is 1. The number of hydrogen-bond donors (Lipinski definition) is 1. The fourth-order valence-electron chi connectivity index (χ4n) is 4.35. The molecule has 1 N–H and O–H groups in total. The lowest BCUT2D eigenvalue weighted by Crippen LogP contribution is -2.45. The molecule has 0 aromatic heterocycles. The van der Waals surface area contributed by atoms with Gasteiger partial charge < -0.3 is 14.8 Å². The van der Waals surface area contributed by atoms with Crippen molar-refractivity contribution in [2.24, 2.45) is 0 Å². The van der Waals surface area contributed by atoms with Crippen molar-refractivity contribution in [2.45, 2.75) is 57.7 Å². The lowest BCUT2D eigenvalue weighted by atomic mass is 9.92. The summed E-state index contributed by atoms with van der Waals surface area (Å²) in [7, 11) is 1.73. The lowest BCUT2D eigenvalue weighted by molar-refractivity contribution is 0.116. The molecule has 2 fully saturated rings. The number of piperazine rings is 1. The molecule has 1 heterocycles. The van der Waals surface area contributed by atoms with E-state index in [-0.39, 0.29) is 0 Å². The fraction of sp³-hybridized carbons (Fsp3) is 0.520. The zero-order chi connectivity index (χ0) is 20.2. The van der Waals surface area contributed by atoms with Gasteiger partial charge in [-0.05, 0) is 54.0 Å². The van der Waals surface area contributed by atoms with Crippen LogP contribution in [0.3, 0.4) is 0 Å². The predicted molar refractivity (Wildman–Crippen MR) is 118 cm³/mol. The Morgan fingerprint density at radius 2 is 1.93 bits per heavy atom. The number of methoxy groups -OCH3 is 1. The monoisotopic (exact) mass is 394 g/mol. The van der Waals surface area contributed by atoms with Gasteiger partial charge in [-0.15, -0.1) is 0 Å². The van der Waals surface area contributed by atoms with E-state index in [0.717, 1.165) is 50.5 Å². The molecule has 2 aromatic carbocycles. The van der Waals surface area contributed by atoms with Gasteiger partial charge in [0.05, 0.1) is 13.2 Å². The fourth-order valence-corrected chi connectivity index (χ4v) is 4.35. The van der Waals surface area contributed by atoms with Crippen LogP contribution >= 0.6 is 0 Å². The van der Waals surface area contributed by atoms with Gasteiger partial charge in [-0.2, -0.15) is 0 Å². The Kier molecular flexibility index (Phi) is 6.41. The van der Waals surface area contributed by atoms with Crippen molar-refractivity contribution in [2.75, 3.05) is 26.7 Å². The maximum absolute atomic E-state index is 6.08. The molecule has 4 rings (SSSR count). The predicted octanol–water partition coefficient (Wildman–Crippen LogP) is 4.90. The second kappa shape index (κ2) is 9.19. The van der Waals surface area contributed by atoms with E-state index in [1.807, 2.05) is 0 Å². The highest BCUT2D eigenvalue weighted by atomic mass is 16.5. The molecule has 0 spiro atoms. The number of hydrogen-bond acceptors (Lipinski definition) is 4. The Morgan fingerprint density at radius 3 is 2.66 bits per heavy atom. The smallest absolute Gasteiger partial charge is 0.161 e. The molecule has 4 heteroatoms. The van der Waals surface area contributed by atoms with Crippen LogP contribution in [-0.2, 0) is 6.54 Å². The highest BCUT2D eigenvalue weighted by Gasteiger charge is 2.24. The van der Waals surface area contributed by atoms with Crippen LogP contribution in [0, 0.1) is 0 Å². The van der Waals surface area contributed by atoms with Gasteiger partial charge in [0.15, 0.2) is 11.5 Å². The second-order valence-corrected chi connectivity index (χ2v) is 8.68. The molecule has 1 atom stereocenters. The molecule has 156 valence electrons. The van der Waals surface area contributed by atoms with Gasteiger partial charge in [0.25, 0.3) is 0 Å². The van der Waals surface area contributed by atoms with Crippen molar-refractivity contribution in [3.8, 4) is 11.5 Å². The van der Waals surface area contributed by atoms with Crippen molar-refractivity contribution in [3.63, 3.8) is 0 Å². The summed E-state index contributed by atoms with van der Waals surface area (Å²) in [6, 6.07) is 15.7. The average Bonchev–Trinajstić information content (AvgIpc) is 2.71. The third-order valence-corrected chi connectivity index (χ3v) is 6.23. The Morgan fingerprint density at radius 1 is 1.10 bits per heavy atom. The van der Waals surface area contributed by atoms with E-state index < -0.39 is 0 Å². The van der Waals surface area contributed by atoms with Crippen molar-refractivity contribution >= 4 is 0 Å². The topological polar surface area (TPSA) is 33.7 Å². The zero-order valence-electron chi connectivity index (χ0n) is 18.0. The van der Waals surface area contributed by atoms with Crippen molar-refractivity contribution in [1.29, 1.82) is 0 Å². The van der Waals surface area contributed by atoms with Crippen LogP contribution in [0.2, 0.25) is 0 Å². The minimum Gasteiger partial charge on any atom is -0.493 e. The summed E-state index contributed by atoms with van der Waals surface area (Å²) in [5.74, 6) is 2.27. The maximum atomic E-state index is 6.08. The van der Waals surface area contributed by atoms with Crippen LogP contribution in [0.15, 0.2) is 42.5 Å². The Bertz CT molecular complexity index is 816. The van der Waals surface area contributed by atoms with Crippen LogP contribution in [0.5, 0.6) is 11.5 Å². The van der Waals surface area contributed by atoms with Crippen LogP contribution in [-0.4, -0.2) is 37.7 Å². The number of benzene rings is 2. The highest BCUT2D eigenvalue weighted by molar-refractivity contribution is 5.43. The third kappa shape index (κ3) is 4.76. The van der Waals surface area contributed by atoms with Crippen molar-refractivity contribution in [3.05, 3.63) is 59.2 Å². The minimum absolute atomic E-state index is 0.365. The average molecular weight is 395 g/mol. The highest BCUT2D eigenvalue weighted by Crippen LogP contribution is 2.34. The molecule has 1 aliphatic heterocycles. The van der Waals surface area contributed by atoms with E-state index in [2.05, 4.69) is 66.5 Å². The van der Waals surface area contributed by atoms with E-state index in [1.165, 1.54) is 23.1 Å². The second-order valence-electron chi connectivity index (χ2n) is 8.68. The van der Waals surface area contributed by atoms with Crippen molar-refractivity contribution in [1.82, 2.24) is 10.2 Å². The van der Waals surface area contributed by atoms with Gasteiger partial charge >= 0.3 is 0 Å². The number of nitrogens with zero attached hydrogens (tertiary/aromatic N) is 1. The summed E-state index contributed by atoms with van der Waals surface area (Å²) >= 11 is 0. The quantitative estimate of drug-likeness (QED) is 0.724. The summed E-state index contributed by atoms with van der Waals surface area (Å²) in [6.07, 6.45) is 3.95. The molecule has 0 radical (unpaired) electrons. The summed E-state index contributed by atoms with van der Waals surface area (Å²) in [6.45, 7) is 8.58. The van der Waals surface area contributed by atoms with Crippen LogP contribution in [0.4, 0.5) is 0 Å². The molecule has 0 unspecified atom stereocenters. The lowest BCUT2D eigenvalue weighted by Gasteiger charge is -2.35. The standard InChI is InChI=1S/C25H34N2O2/c1-18(2)21-9-4-5-10-22(21)23-17-27(14-13-26-23)16-19-11-12-24(25(15-19)28-3)29-20-7-6-8-20/h4-5,9-12,15,18,20,23,26H,6-8,13-14,16-17H2,1-3H3/t23-/m0/s1. The van der Waals surface area contributed by atoms with Gasteiger partial charge in [-0.25, -0.2) is 0 Å². The van der Waals surface area contributed by atoms with Crippen LogP contribution in [0.1, 0.15) is 61.8 Å². The summed E-state index contributed by atoms with van der Waals surface area (Å²) in [4.78, 5) is 2.54. The molecular formula is C25H34N2O2. The molecule has 0 bridgehead atoms. The molecule has 29 heavy (non-hydrogen) atoms. The third-order valence-electron chi connectivity index (χ3n) is 6.23. The molecule has 0 amide bonds. The largest absolute Gasteiger partial charge is 0.493 e. The molecule has 4 nitrogen and oxygen atoms in total. The molecule has 2 aliphatic rings. The van der Waals surface area contributed by atoms with E-state index in [1.54, 1.807) is 7.11 Å². The van der Waals surface area contributed by atoms with Gasteiger partial charge in [-0.1, -0.05) is 44.2 Å². The van der Waals surface area contributed by atoms with Crippen LogP contribution < -0.4 is 14.8 Å². The van der Waals surface area contributed by atoms with Crippen molar-refractivity contribution < 1.29 is 9.47 Å². The SMILES string of the molecule is COc1cc(CN2CCN[C@H](c3ccccc3C(C)C)C2)ccc1OC1CCC1. The first-order chi connectivity index (χ1) is 14.1. The molecule has 1 saturated heterocycles. The van der Waals surface area contributed by atoms with Gasteiger partial charge in [-0.3, -0.25) is 4.90 Å².